The van der Waals surface area contributed by atoms with Crippen molar-refractivity contribution in [3.05, 3.63) is 194 Å². The van der Waals surface area contributed by atoms with E-state index in [1.807, 2.05) is 48.5 Å². The molecule has 0 aliphatic heterocycles. The summed E-state index contributed by atoms with van der Waals surface area (Å²) in [4.78, 5) is 10.6. The quantitative estimate of drug-likeness (QED) is 0.172. The molecule has 56 heavy (non-hydrogen) atoms. The number of benzene rings is 8. The van der Waals surface area contributed by atoms with Crippen LogP contribution < -0.4 is 0 Å². The van der Waals surface area contributed by atoms with Gasteiger partial charge in [0, 0.05) is 43.8 Å². The highest BCUT2D eigenvalue weighted by atomic mass is 16.3. The Hall–Kier alpha value is -7.56. The Morgan fingerprint density at radius 1 is 0.304 bits per heavy atom. The van der Waals surface area contributed by atoms with Crippen LogP contribution in [0.2, 0.25) is 0 Å². The summed E-state index contributed by atoms with van der Waals surface area (Å²) < 4.78 is 13.1. The van der Waals surface area contributed by atoms with Crippen LogP contribution in [0, 0.1) is 0 Å². The molecule has 3 heterocycles. The molecular formula is C52H32N2O2. The monoisotopic (exact) mass is 716 g/mol. The lowest BCUT2D eigenvalue weighted by molar-refractivity contribution is 0.668. The van der Waals surface area contributed by atoms with E-state index in [1.54, 1.807) is 0 Å². The fourth-order valence-corrected chi connectivity index (χ4v) is 8.07. The van der Waals surface area contributed by atoms with Crippen molar-refractivity contribution in [1.82, 2.24) is 9.97 Å². The first-order valence-electron chi connectivity index (χ1n) is 18.8. The maximum atomic E-state index is 6.82. The highest BCUT2D eigenvalue weighted by Gasteiger charge is 2.22. The van der Waals surface area contributed by atoms with Gasteiger partial charge in [-0.15, -0.1) is 0 Å². The van der Waals surface area contributed by atoms with Crippen molar-refractivity contribution >= 4 is 43.9 Å². The summed E-state index contributed by atoms with van der Waals surface area (Å²) in [6, 6.07) is 67.3. The molecule has 0 amide bonds. The van der Waals surface area contributed by atoms with E-state index in [1.165, 1.54) is 0 Å². The van der Waals surface area contributed by atoms with E-state index < -0.39 is 0 Å². The first-order valence-corrected chi connectivity index (χ1v) is 18.8. The van der Waals surface area contributed by atoms with E-state index in [-0.39, 0.29) is 0 Å². The van der Waals surface area contributed by atoms with Crippen LogP contribution in [-0.2, 0) is 0 Å². The summed E-state index contributed by atoms with van der Waals surface area (Å²) in [6.45, 7) is 0. The molecule has 0 fully saturated rings. The Morgan fingerprint density at radius 3 is 1.50 bits per heavy atom. The van der Waals surface area contributed by atoms with Gasteiger partial charge in [-0.2, -0.15) is 0 Å². The van der Waals surface area contributed by atoms with Crippen molar-refractivity contribution < 1.29 is 8.83 Å². The smallest absolute Gasteiger partial charge is 0.160 e. The van der Waals surface area contributed by atoms with Gasteiger partial charge in [0.25, 0.3) is 0 Å². The summed E-state index contributed by atoms with van der Waals surface area (Å²) >= 11 is 0. The number of fused-ring (bicyclic) bond motifs is 6. The van der Waals surface area contributed by atoms with E-state index in [0.717, 1.165) is 105 Å². The summed E-state index contributed by atoms with van der Waals surface area (Å²) in [7, 11) is 0. The van der Waals surface area contributed by atoms with Gasteiger partial charge >= 0.3 is 0 Å². The third-order valence-electron chi connectivity index (χ3n) is 10.7. The maximum absolute atomic E-state index is 6.82. The summed E-state index contributed by atoms with van der Waals surface area (Å²) in [5, 5.41) is 4.19. The van der Waals surface area contributed by atoms with Gasteiger partial charge in [-0.05, 0) is 76.3 Å². The predicted octanol–water partition coefficient (Wildman–Crippen LogP) is 14.3. The zero-order valence-corrected chi connectivity index (χ0v) is 30.2. The minimum atomic E-state index is 0.657. The van der Waals surface area contributed by atoms with E-state index in [0.29, 0.717) is 5.82 Å². The highest BCUT2D eigenvalue weighted by Crippen LogP contribution is 2.45. The van der Waals surface area contributed by atoms with Crippen molar-refractivity contribution in [3.8, 4) is 67.3 Å². The van der Waals surface area contributed by atoms with Crippen molar-refractivity contribution in [1.29, 1.82) is 0 Å². The van der Waals surface area contributed by atoms with Crippen molar-refractivity contribution in [2.75, 3.05) is 0 Å². The van der Waals surface area contributed by atoms with Crippen LogP contribution in [0.15, 0.2) is 203 Å². The third-order valence-corrected chi connectivity index (χ3v) is 10.7. The highest BCUT2D eigenvalue weighted by molar-refractivity contribution is 6.20. The lowest BCUT2D eigenvalue weighted by Crippen LogP contribution is -1.97. The predicted molar refractivity (Wildman–Crippen MR) is 229 cm³/mol. The molecule has 0 radical (unpaired) electrons. The standard InChI is InChI=1S/C52H32N2O2/c1-4-15-33(16-5-1)36-29-37(34-17-6-2-7-18-34)31-38(30-36)44-32-45(54-52(53-44)35-19-8-3-9-20-35)41-28-27-40(51-50(41)43-22-11-13-25-47(43)56-51)39-23-14-26-48-49(39)42-21-10-12-24-46(42)55-48/h1-32H. The Kier molecular flexibility index (Phi) is 7.46. The summed E-state index contributed by atoms with van der Waals surface area (Å²) in [5.74, 6) is 0.657. The minimum absolute atomic E-state index is 0.657. The fraction of sp³-hybridized carbons (Fsp3) is 0. The topological polar surface area (TPSA) is 52.1 Å². The Bertz CT molecular complexity index is 3180. The van der Waals surface area contributed by atoms with Gasteiger partial charge in [0.1, 0.15) is 22.3 Å². The Balaban J connectivity index is 1.18. The van der Waals surface area contributed by atoms with E-state index in [9.17, 15) is 0 Å². The zero-order valence-electron chi connectivity index (χ0n) is 30.2. The van der Waals surface area contributed by atoms with Crippen LogP contribution >= 0.6 is 0 Å². The molecule has 0 bridgehead atoms. The molecule has 0 spiro atoms. The summed E-state index contributed by atoms with van der Waals surface area (Å²) in [6.07, 6.45) is 0. The molecule has 4 nitrogen and oxygen atoms in total. The second kappa shape index (κ2) is 13.1. The van der Waals surface area contributed by atoms with Gasteiger partial charge < -0.3 is 8.83 Å². The molecule has 0 saturated heterocycles. The van der Waals surface area contributed by atoms with Crippen molar-refractivity contribution in [2.24, 2.45) is 0 Å². The number of furan rings is 2. The largest absolute Gasteiger partial charge is 0.456 e. The third kappa shape index (κ3) is 5.39. The molecule has 0 saturated carbocycles. The number of aromatic nitrogens is 2. The van der Waals surface area contributed by atoms with Crippen LogP contribution in [-0.4, -0.2) is 9.97 Å². The Morgan fingerprint density at radius 2 is 0.821 bits per heavy atom. The number of nitrogens with zero attached hydrogens (tertiary/aromatic N) is 2. The van der Waals surface area contributed by atoms with Crippen LogP contribution in [0.4, 0.5) is 0 Å². The second-order valence-electron chi connectivity index (χ2n) is 14.1. The number of rotatable bonds is 6. The van der Waals surface area contributed by atoms with E-state index in [4.69, 9.17) is 18.8 Å². The molecule has 0 N–H and O–H groups in total. The van der Waals surface area contributed by atoms with Gasteiger partial charge in [-0.25, -0.2) is 9.97 Å². The van der Waals surface area contributed by atoms with E-state index >= 15 is 0 Å². The molecule has 0 aliphatic carbocycles. The first kappa shape index (κ1) is 31.9. The fourth-order valence-electron chi connectivity index (χ4n) is 8.07. The molecule has 0 unspecified atom stereocenters. The van der Waals surface area contributed by atoms with E-state index in [2.05, 4.69) is 146 Å². The molecule has 11 rings (SSSR count). The van der Waals surface area contributed by atoms with Crippen LogP contribution in [0.5, 0.6) is 0 Å². The summed E-state index contributed by atoms with van der Waals surface area (Å²) in [5.41, 5.74) is 14.5. The van der Waals surface area contributed by atoms with Gasteiger partial charge in [0.2, 0.25) is 0 Å². The number of para-hydroxylation sites is 2. The van der Waals surface area contributed by atoms with Gasteiger partial charge in [-0.3, -0.25) is 0 Å². The lowest BCUT2D eigenvalue weighted by atomic mass is 9.93. The molecule has 11 aromatic rings. The Labute approximate surface area is 323 Å². The molecular weight excluding hydrogens is 685 g/mol. The van der Waals surface area contributed by atoms with Crippen LogP contribution in [0.25, 0.3) is 111 Å². The van der Waals surface area contributed by atoms with Crippen molar-refractivity contribution in [3.63, 3.8) is 0 Å². The van der Waals surface area contributed by atoms with Crippen LogP contribution in [0.1, 0.15) is 0 Å². The zero-order chi connectivity index (χ0) is 37.0. The number of hydrogen-bond acceptors (Lipinski definition) is 4. The lowest BCUT2D eigenvalue weighted by Gasteiger charge is -2.14. The number of hydrogen-bond donors (Lipinski definition) is 0. The van der Waals surface area contributed by atoms with Gasteiger partial charge in [0.05, 0.1) is 11.4 Å². The maximum Gasteiger partial charge on any atom is 0.160 e. The van der Waals surface area contributed by atoms with Gasteiger partial charge in [0.15, 0.2) is 5.82 Å². The first-order chi connectivity index (χ1) is 27.7. The SMILES string of the molecule is c1ccc(-c2cc(-c3ccccc3)cc(-c3cc(-c4ccc(-c5cccc6oc7ccccc7c56)c5oc6ccccc6c45)nc(-c4ccccc4)n3)c2)cc1. The molecule has 0 aliphatic rings. The average Bonchev–Trinajstić information content (AvgIpc) is 3.86. The molecule has 3 aromatic heterocycles. The normalized spacial score (nSPS) is 11.6. The average molecular weight is 717 g/mol. The molecule has 4 heteroatoms. The van der Waals surface area contributed by atoms with Gasteiger partial charge in [-0.1, -0.05) is 146 Å². The van der Waals surface area contributed by atoms with Crippen molar-refractivity contribution in [2.45, 2.75) is 0 Å². The van der Waals surface area contributed by atoms with Crippen LogP contribution in [0.3, 0.4) is 0 Å². The minimum Gasteiger partial charge on any atom is -0.456 e. The molecule has 262 valence electrons. The second-order valence-corrected chi connectivity index (χ2v) is 14.1. The molecule has 8 aromatic carbocycles. The molecule has 0 atom stereocenters.